The fourth-order valence-corrected chi connectivity index (χ4v) is 5.39. The van der Waals surface area contributed by atoms with E-state index in [0.717, 1.165) is 25.7 Å². The Morgan fingerprint density at radius 2 is 0.674 bits per heavy atom. The highest BCUT2D eigenvalue weighted by atomic mass is 32.3. The monoisotopic (exact) mass is 673 g/mol. The van der Waals surface area contributed by atoms with Crippen molar-refractivity contribution in [3.63, 3.8) is 0 Å². The van der Waals surface area contributed by atoms with Gasteiger partial charge in [-0.2, -0.15) is 8.42 Å². The van der Waals surface area contributed by atoms with E-state index in [-0.39, 0.29) is 16.3 Å². The Hall–Kier alpha value is -1.35. The molecule has 46 heavy (non-hydrogen) atoms. The van der Waals surface area contributed by atoms with Crippen LogP contribution in [0.3, 0.4) is 0 Å². The van der Waals surface area contributed by atoms with Gasteiger partial charge in [0.25, 0.3) is 0 Å². The maximum absolute atomic E-state index is 12.7. The zero-order valence-electron chi connectivity index (χ0n) is 30.5. The topological polar surface area (TPSA) is 109 Å². The van der Waals surface area contributed by atoms with E-state index < -0.39 is 10.4 Å². The number of hydrogen-bond donors (Lipinski definition) is 2. The summed E-state index contributed by atoms with van der Waals surface area (Å²) in [5, 5.41) is 0. The van der Waals surface area contributed by atoms with Gasteiger partial charge >= 0.3 is 22.2 Å². The van der Waals surface area contributed by atoms with E-state index in [1.165, 1.54) is 141 Å². The van der Waals surface area contributed by atoms with Gasteiger partial charge in [-0.15, -0.1) is 0 Å². The van der Waals surface area contributed by atoms with Gasteiger partial charge in [0, 0.05) is 0 Å². The number of carbonyl (C=O) groups excluding carboxylic acids is 2. The van der Waals surface area contributed by atoms with Gasteiger partial charge in [0.05, 0.1) is 26.9 Å². The van der Waals surface area contributed by atoms with Gasteiger partial charge in [-0.25, -0.2) is 14.1 Å². The first-order valence-electron chi connectivity index (χ1n) is 18.9. The molecular formula is C38H74NO6S+. The average molecular weight is 673 g/mol. The molecule has 2 amide bonds. The van der Waals surface area contributed by atoms with Crippen LogP contribution in [-0.4, -0.2) is 47.9 Å². The summed E-state index contributed by atoms with van der Waals surface area (Å²) in [6.45, 7) is 4.54. The van der Waals surface area contributed by atoms with Crippen LogP contribution in [0.25, 0.3) is 0 Å². The quantitative estimate of drug-likeness (QED) is 0.0340. The summed E-state index contributed by atoms with van der Waals surface area (Å²) in [6, 6.07) is 0. The molecule has 0 aliphatic rings. The van der Waals surface area contributed by atoms with Gasteiger partial charge in [-0.1, -0.05) is 141 Å². The van der Waals surface area contributed by atoms with Crippen LogP contribution in [0.5, 0.6) is 0 Å². The first kappa shape index (κ1) is 46.8. The van der Waals surface area contributed by atoms with Crippen LogP contribution in [0, 0.1) is 0 Å². The molecule has 0 heterocycles. The van der Waals surface area contributed by atoms with E-state index in [0.29, 0.717) is 12.8 Å². The van der Waals surface area contributed by atoms with Crippen molar-refractivity contribution < 1.29 is 31.6 Å². The smallest absolute Gasteiger partial charge is 0.264 e. The van der Waals surface area contributed by atoms with Crippen LogP contribution in [0.15, 0.2) is 24.3 Å². The lowest BCUT2D eigenvalue weighted by Gasteiger charge is -2.24. The summed E-state index contributed by atoms with van der Waals surface area (Å²) in [5.74, 6) is 0.167. The van der Waals surface area contributed by atoms with E-state index >= 15 is 0 Å². The lowest BCUT2D eigenvalue weighted by Crippen LogP contribution is -2.50. The molecular weight excluding hydrogens is 598 g/mol. The molecule has 0 atom stereocenters. The molecule has 0 aliphatic heterocycles. The van der Waals surface area contributed by atoms with Crippen molar-refractivity contribution >= 4 is 22.2 Å². The predicted octanol–water partition coefficient (Wildman–Crippen LogP) is 11.5. The molecule has 0 unspecified atom stereocenters. The van der Waals surface area contributed by atoms with Gasteiger partial charge in [-0.3, -0.25) is 9.11 Å². The lowest BCUT2D eigenvalue weighted by atomic mass is 10.1. The van der Waals surface area contributed by atoms with Crippen molar-refractivity contribution in [2.75, 3.05) is 14.1 Å². The van der Waals surface area contributed by atoms with Crippen LogP contribution in [0.2, 0.25) is 0 Å². The van der Waals surface area contributed by atoms with E-state index in [1.807, 2.05) is 0 Å². The molecule has 7 nitrogen and oxygen atoms in total. The average Bonchev–Trinajstić information content (AvgIpc) is 2.99. The minimum Gasteiger partial charge on any atom is -0.264 e. The molecule has 0 fully saturated rings. The number of nitrogens with zero attached hydrogens (tertiary/aromatic N) is 1. The Bertz CT molecular complexity index is 804. The van der Waals surface area contributed by atoms with E-state index in [1.54, 1.807) is 14.1 Å². The SMILES string of the molecule is CCCCCCCC/C=C\CCCCCCCC(=O)[N+](C)(C)C(=O)CCCCCCC/C=C\CCCCCCCC.O=S(=O)(O)O. The van der Waals surface area contributed by atoms with Crippen LogP contribution in [0.4, 0.5) is 0 Å². The number of quaternary nitrogens is 1. The third kappa shape index (κ3) is 37.1. The molecule has 0 aromatic heterocycles. The van der Waals surface area contributed by atoms with Crippen LogP contribution in [-0.2, 0) is 20.0 Å². The summed E-state index contributed by atoms with van der Waals surface area (Å²) >= 11 is 0. The third-order valence-corrected chi connectivity index (χ3v) is 8.55. The first-order valence-corrected chi connectivity index (χ1v) is 20.3. The molecule has 0 saturated heterocycles. The third-order valence-electron chi connectivity index (χ3n) is 8.55. The van der Waals surface area contributed by atoms with Crippen LogP contribution in [0.1, 0.15) is 194 Å². The molecule has 0 radical (unpaired) electrons. The fraction of sp³-hybridized carbons (Fsp3) is 0.842. The normalized spacial score (nSPS) is 12.1. The number of rotatable bonds is 30. The second-order valence-corrected chi connectivity index (χ2v) is 14.3. The summed E-state index contributed by atoms with van der Waals surface area (Å²) in [6.07, 6.45) is 43.1. The van der Waals surface area contributed by atoms with Gasteiger partial charge in [0.15, 0.2) is 0 Å². The number of unbranched alkanes of at least 4 members (excludes halogenated alkanes) is 22. The molecule has 0 aromatic rings. The van der Waals surface area contributed by atoms with Crippen LogP contribution < -0.4 is 0 Å². The molecule has 0 saturated carbocycles. The molecule has 8 heteroatoms. The summed E-state index contributed by atoms with van der Waals surface area (Å²) in [5.41, 5.74) is 0. The summed E-state index contributed by atoms with van der Waals surface area (Å²) in [4.78, 5) is 25.5. The van der Waals surface area contributed by atoms with Crippen molar-refractivity contribution in [3.8, 4) is 0 Å². The van der Waals surface area contributed by atoms with Crippen molar-refractivity contribution in [2.45, 2.75) is 194 Å². The summed E-state index contributed by atoms with van der Waals surface area (Å²) in [7, 11) is -1.08. The number of allylic oxidation sites excluding steroid dienone is 4. The minimum atomic E-state index is -4.67. The predicted molar refractivity (Wildman–Crippen MR) is 195 cm³/mol. The second-order valence-electron chi connectivity index (χ2n) is 13.4. The Labute approximate surface area is 285 Å². The Balaban J connectivity index is 0. The van der Waals surface area contributed by atoms with Crippen molar-refractivity contribution in [1.29, 1.82) is 0 Å². The van der Waals surface area contributed by atoms with Crippen molar-refractivity contribution in [1.82, 2.24) is 0 Å². The minimum absolute atomic E-state index is 0.0766. The molecule has 0 bridgehead atoms. The number of amides is 2. The van der Waals surface area contributed by atoms with E-state index in [4.69, 9.17) is 17.5 Å². The van der Waals surface area contributed by atoms with Gasteiger partial charge < -0.3 is 0 Å². The highest BCUT2D eigenvalue weighted by Gasteiger charge is 2.33. The Morgan fingerprint density at radius 1 is 0.457 bits per heavy atom. The number of imide groups is 1. The fourth-order valence-electron chi connectivity index (χ4n) is 5.39. The second kappa shape index (κ2) is 33.5. The van der Waals surface area contributed by atoms with E-state index in [9.17, 15) is 9.59 Å². The lowest BCUT2D eigenvalue weighted by molar-refractivity contribution is -0.736. The van der Waals surface area contributed by atoms with Crippen LogP contribution >= 0.6 is 0 Å². The Morgan fingerprint density at radius 3 is 0.935 bits per heavy atom. The van der Waals surface area contributed by atoms with Crippen molar-refractivity contribution in [2.24, 2.45) is 0 Å². The number of hydrogen-bond acceptors (Lipinski definition) is 4. The molecule has 2 N–H and O–H groups in total. The zero-order valence-corrected chi connectivity index (χ0v) is 31.3. The molecule has 0 aliphatic carbocycles. The molecule has 0 rings (SSSR count). The number of carbonyl (C=O) groups is 2. The van der Waals surface area contributed by atoms with E-state index in [2.05, 4.69) is 38.2 Å². The highest BCUT2D eigenvalue weighted by Crippen LogP contribution is 2.15. The molecule has 0 aromatic carbocycles. The largest absolute Gasteiger partial charge is 0.394 e. The highest BCUT2D eigenvalue weighted by molar-refractivity contribution is 7.79. The van der Waals surface area contributed by atoms with Gasteiger partial charge in [0.1, 0.15) is 0 Å². The summed E-state index contributed by atoms with van der Waals surface area (Å²) < 4.78 is 31.5. The standard InChI is InChI=1S/C38H72NO2.H2O4S/c1-5-7-9-11-13-15-17-19-21-23-25-27-29-31-33-35-37(40)39(3,4)38(41)36-34-32-30-28-26-24-22-20-18-16-14-12-10-8-6-2;1-5(2,3)4/h19-22H,5-18,23-36H2,1-4H3;(H2,1,2,3,4)/q+1;/b21-19-,22-20-;. The Kier molecular flexibility index (Phi) is 34.1. The molecule has 0 spiro atoms. The van der Waals surface area contributed by atoms with Gasteiger partial charge in [0.2, 0.25) is 0 Å². The first-order chi connectivity index (χ1) is 22.0. The maximum atomic E-state index is 12.7. The zero-order chi connectivity index (χ0) is 34.8. The van der Waals surface area contributed by atoms with Crippen molar-refractivity contribution in [3.05, 3.63) is 24.3 Å². The van der Waals surface area contributed by atoms with Gasteiger partial charge in [-0.05, 0) is 64.2 Å². The molecule has 272 valence electrons. The maximum Gasteiger partial charge on any atom is 0.394 e.